The van der Waals surface area contributed by atoms with E-state index in [9.17, 15) is 14.9 Å². The minimum Gasteiger partial charge on any atom is -0.444 e. The lowest BCUT2D eigenvalue weighted by molar-refractivity contribution is -0.135. The average Bonchev–Trinajstić information content (AvgIpc) is 3.27. The number of benzene rings is 1. The number of likely N-dealkylation sites (tertiary alicyclic amines) is 2. The minimum atomic E-state index is -0.640. The summed E-state index contributed by atoms with van der Waals surface area (Å²) >= 11 is 0. The molecule has 150 valence electrons. The van der Waals surface area contributed by atoms with E-state index in [0.29, 0.717) is 25.9 Å². The quantitative estimate of drug-likeness (QED) is 0.866. The van der Waals surface area contributed by atoms with Crippen molar-refractivity contribution < 1.29 is 14.3 Å². The largest absolute Gasteiger partial charge is 0.444 e. The number of anilines is 1. The number of nitrogens with one attached hydrogen (secondary N) is 1. The highest BCUT2D eigenvalue weighted by atomic mass is 16.6. The predicted molar refractivity (Wildman–Crippen MR) is 106 cm³/mol. The summed E-state index contributed by atoms with van der Waals surface area (Å²) in [7, 11) is 0. The van der Waals surface area contributed by atoms with Crippen molar-refractivity contribution in [2.24, 2.45) is 0 Å². The summed E-state index contributed by atoms with van der Waals surface area (Å²) in [5, 5.41) is 12.7. The summed E-state index contributed by atoms with van der Waals surface area (Å²) < 4.78 is 5.54. The Balaban J connectivity index is 1.78. The van der Waals surface area contributed by atoms with Crippen LogP contribution in [0.2, 0.25) is 0 Å². The standard InChI is InChI=1S/C21H28N4O3/c1-21(2,3)28-20(27)25-14-16(23-15-8-5-4-6-9-15)12-18(25)19(26)24-11-7-10-17(24)13-22/h4-6,8-9,16-18,23H,7,10-12,14H2,1-3H3/t16-,17?,18-/m0/s1. The third-order valence-electron chi connectivity index (χ3n) is 5.04. The fourth-order valence-electron chi connectivity index (χ4n) is 3.82. The van der Waals surface area contributed by atoms with Crippen LogP contribution in [0.3, 0.4) is 0 Å². The van der Waals surface area contributed by atoms with E-state index in [1.807, 2.05) is 51.1 Å². The van der Waals surface area contributed by atoms with Crippen molar-refractivity contribution in [1.29, 1.82) is 5.26 Å². The van der Waals surface area contributed by atoms with Gasteiger partial charge in [-0.15, -0.1) is 0 Å². The first kappa shape index (κ1) is 20.0. The van der Waals surface area contributed by atoms with Crippen LogP contribution < -0.4 is 5.32 Å². The molecule has 7 heteroatoms. The maximum Gasteiger partial charge on any atom is 0.411 e. The molecule has 3 rings (SSSR count). The molecule has 2 saturated heterocycles. The first-order chi connectivity index (χ1) is 13.3. The fourth-order valence-corrected chi connectivity index (χ4v) is 3.82. The number of hydrogen-bond acceptors (Lipinski definition) is 5. The van der Waals surface area contributed by atoms with Crippen LogP contribution in [-0.4, -0.2) is 58.6 Å². The van der Waals surface area contributed by atoms with E-state index in [4.69, 9.17) is 4.74 Å². The first-order valence-corrected chi connectivity index (χ1v) is 9.80. The van der Waals surface area contributed by atoms with Crippen LogP contribution in [0.15, 0.2) is 30.3 Å². The number of para-hydroxylation sites is 1. The van der Waals surface area contributed by atoms with Gasteiger partial charge in [-0.25, -0.2) is 4.79 Å². The first-order valence-electron chi connectivity index (χ1n) is 9.80. The van der Waals surface area contributed by atoms with Gasteiger partial charge < -0.3 is 15.0 Å². The number of nitriles is 1. The number of ether oxygens (including phenoxy) is 1. The lowest BCUT2D eigenvalue weighted by Crippen LogP contribution is -2.50. The SMILES string of the molecule is CC(C)(C)OC(=O)N1C[C@@H](Nc2ccccc2)C[C@H]1C(=O)N1CCCC1C#N. The monoisotopic (exact) mass is 384 g/mol. The van der Waals surface area contributed by atoms with E-state index in [0.717, 1.165) is 12.1 Å². The molecule has 0 aliphatic carbocycles. The van der Waals surface area contributed by atoms with E-state index in [2.05, 4.69) is 11.4 Å². The van der Waals surface area contributed by atoms with Gasteiger partial charge in [-0.3, -0.25) is 9.69 Å². The molecular formula is C21H28N4O3. The van der Waals surface area contributed by atoms with E-state index in [1.165, 1.54) is 4.90 Å². The van der Waals surface area contributed by atoms with Crippen molar-refractivity contribution in [1.82, 2.24) is 9.80 Å². The van der Waals surface area contributed by atoms with E-state index in [-0.39, 0.29) is 11.9 Å². The van der Waals surface area contributed by atoms with Crippen LogP contribution in [0.25, 0.3) is 0 Å². The summed E-state index contributed by atoms with van der Waals surface area (Å²) in [6, 6.07) is 10.8. The summed E-state index contributed by atoms with van der Waals surface area (Å²) in [6.07, 6.45) is 1.50. The van der Waals surface area contributed by atoms with Gasteiger partial charge in [-0.2, -0.15) is 5.26 Å². The topological polar surface area (TPSA) is 85.7 Å². The minimum absolute atomic E-state index is 0.0630. The molecule has 1 unspecified atom stereocenters. The zero-order valence-corrected chi connectivity index (χ0v) is 16.7. The summed E-state index contributed by atoms with van der Waals surface area (Å²) in [5.74, 6) is -0.160. The molecule has 2 fully saturated rings. The molecule has 2 amide bonds. The molecule has 1 aromatic carbocycles. The van der Waals surface area contributed by atoms with Gasteiger partial charge in [-0.1, -0.05) is 18.2 Å². The number of nitrogens with zero attached hydrogens (tertiary/aromatic N) is 3. The summed E-state index contributed by atoms with van der Waals surface area (Å²) in [4.78, 5) is 29.1. The van der Waals surface area contributed by atoms with Gasteiger partial charge in [-0.05, 0) is 52.2 Å². The Morgan fingerprint density at radius 3 is 2.57 bits per heavy atom. The number of carbonyl (C=O) groups is 2. The number of hydrogen-bond donors (Lipinski definition) is 1. The van der Waals surface area contributed by atoms with E-state index >= 15 is 0 Å². The molecule has 2 aliphatic heterocycles. The maximum atomic E-state index is 13.2. The smallest absolute Gasteiger partial charge is 0.411 e. The maximum absolute atomic E-state index is 13.2. The Labute approximate surface area is 166 Å². The second-order valence-electron chi connectivity index (χ2n) is 8.41. The number of rotatable bonds is 3. The second kappa shape index (κ2) is 8.09. The molecule has 1 N–H and O–H groups in total. The molecule has 0 aromatic heterocycles. The molecule has 0 radical (unpaired) electrons. The molecule has 28 heavy (non-hydrogen) atoms. The third kappa shape index (κ3) is 4.56. The Hall–Kier alpha value is -2.75. The van der Waals surface area contributed by atoms with Crippen LogP contribution in [0.1, 0.15) is 40.0 Å². The average molecular weight is 384 g/mol. The molecule has 0 spiro atoms. The second-order valence-corrected chi connectivity index (χ2v) is 8.41. The van der Waals surface area contributed by atoms with E-state index < -0.39 is 23.8 Å². The fraction of sp³-hybridized carbons (Fsp3) is 0.571. The third-order valence-corrected chi connectivity index (χ3v) is 5.04. The highest BCUT2D eigenvalue weighted by molar-refractivity contribution is 5.87. The van der Waals surface area contributed by atoms with Crippen molar-refractivity contribution in [3.63, 3.8) is 0 Å². The lowest BCUT2D eigenvalue weighted by atomic mass is 10.1. The molecule has 2 heterocycles. The Kier molecular flexibility index (Phi) is 5.78. The van der Waals surface area contributed by atoms with Crippen molar-refractivity contribution >= 4 is 17.7 Å². The van der Waals surface area contributed by atoms with Gasteiger partial charge in [0.25, 0.3) is 0 Å². The van der Waals surface area contributed by atoms with Crippen molar-refractivity contribution in [2.75, 3.05) is 18.4 Å². The van der Waals surface area contributed by atoms with Gasteiger partial charge in [0.1, 0.15) is 17.7 Å². The predicted octanol–water partition coefficient (Wildman–Crippen LogP) is 2.99. The van der Waals surface area contributed by atoms with Crippen LogP contribution in [0, 0.1) is 11.3 Å². The van der Waals surface area contributed by atoms with Crippen LogP contribution >= 0.6 is 0 Å². The zero-order valence-electron chi connectivity index (χ0n) is 16.7. The Morgan fingerprint density at radius 1 is 1.21 bits per heavy atom. The summed E-state index contributed by atoms with van der Waals surface area (Å²) in [5.41, 5.74) is 0.305. The van der Waals surface area contributed by atoms with Crippen molar-refractivity contribution in [3.05, 3.63) is 30.3 Å². The van der Waals surface area contributed by atoms with Gasteiger partial charge in [0.05, 0.1) is 6.07 Å². The Morgan fingerprint density at radius 2 is 1.93 bits per heavy atom. The Bertz CT molecular complexity index is 753. The molecule has 2 aliphatic rings. The normalized spacial score (nSPS) is 24.7. The molecular weight excluding hydrogens is 356 g/mol. The van der Waals surface area contributed by atoms with Gasteiger partial charge in [0.15, 0.2) is 0 Å². The van der Waals surface area contributed by atoms with E-state index in [1.54, 1.807) is 4.90 Å². The van der Waals surface area contributed by atoms with Gasteiger partial charge in [0.2, 0.25) is 5.91 Å². The van der Waals surface area contributed by atoms with Gasteiger partial charge >= 0.3 is 6.09 Å². The number of carbonyl (C=O) groups excluding carboxylic acids is 2. The highest BCUT2D eigenvalue weighted by Gasteiger charge is 2.45. The van der Waals surface area contributed by atoms with Crippen LogP contribution in [0.4, 0.5) is 10.5 Å². The molecule has 0 saturated carbocycles. The molecule has 7 nitrogen and oxygen atoms in total. The van der Waals surface area contributed by atoms with Crippen molar-refractivity contribution in [2.45, 2.75) is 63.8 Å². The van der Waals surface area contributed by atoms with Gasteiger partial charge in [0, 0.05) is 24.8 Å². The highest BCUT2D eigenvalue weighted by Crippen LogP contribution is 2.28. The molecule has 3 atom stereocenters. The van der Waals surface area contributed by atoms with Crippen molar-refractivity contribution in [3.8, 4) is 6.07 Å². The van der Waals surface area contributed by atoms with Crippen LogP contribution in [-0.2, 0) is 9.53 Å². The van der Waals surface area contributed by atoms with Crippen LogP contribution in [0.5, 0.6) is 0 Å². The molecule has 1 aromatic rings. The zero-order chi connectivity index (χ0) is 20.3. The lowest BCUT2D eigenvalue weighted by Gasteiger charge is -2.30. The molecule has 0 bridgehead atoms. The number of amides is 2. The summed E-state index contributed by atoms with van der Waals surface area (Å²) in [6.45, 7) is 6.37.